The van der Waals surface area contributed by atoms with Crippen LogP contribution in [0.2, 0.25) is 0 Å². The molecule has 117 valence electrons. The molecule has 0 saturated carbocycles. The fourth-order valence-corrected chi connectivity index (χ4v) is 3.63. The second kappa shape index (κ2) is 5.82. The maximum atomic E-state index is 13.5. The molecule has 2 nitrogen and oxygen atoms in total. The van der Waals surface area contributed by atoms with Crippen LogP contribution in [-0.4, -0.2) is 0 Å². The summed E-state index contributed by atoms with van der Waals surface area (Å²) in [5, 5.41) is 15.2. The predicted octanol–water partition coefficient (Wildman–Crippen LogP) is 5.38. The molecule has 0 unspecified atom stereocenters. The maximum absolute atomic E-state index is 13.5. The van der Waals surface area contributed by atoms with Gasteiger partial charge in [-0.3, -0.25) is 0 Å². The molecule has 0 saturated heterocycles. The minimum absolute atomic E-state index is 0.581. The Labute approximate surface area is 146 Å². The number of benzene rings is 3. The van der Waals surface area contributed by atoms with Crippen LogP contribution < -0.4 is 5.06 Å². The lowest BCUT2D eigenvalue weighted by molar-refractivity contribution is 0.113. The van der Waals surface area contributed by atoms with Crippen molar-refractivity contribution in [2.45, 2.75) is 5.54 Å². The van der Waals surface area contributed by atoms with E-state index in [0.29, 0.717) is 10.7 Å². The van der Waals surface area contributed by atoms with Gasteiger partial charge in [-0.15, -0.1) is 0 Å². The van der Waals surface area contributed by atoms with E-state index in [1.165, 1.54) is 0 Å². The lowest BCUT2D eigenvalue weighted by Crippen LogP contribution is -2.45. The first-order valence-electron chi connectivity index (χ1n) is 7.79. The zero-order valence-corrected chi connectivity index (χ0v) is 13.6. The van der Waals surface area contributed by atoms with Crippen LogP contribution >= 0.6 is 11.6 Å². The van der Waals surface area contributed by atoms with Crippen molar-refractivity contribution < 1.29 is 5.21 Å². The van der Waals surface area contributed by atoms with Crippen molar-refractivity contribution in [3.8, 4) is 0 Å². The largest absolute Gasteiger partial charge is 0.201 e. The Morgan fingerprint density at radius 2 is 1.21 bits per heavy atom. The fraction of sp³-hybridized carbons (Fsp3) is 0.0476. The molecule has 0 aliphatic carbocycles. The van der Waals surface area contributed by atoms with Gasteiger partial charge in [0.05, 0.1) is 5.69 Å². The molecule has 0 amide bonds. The normalized spacial score (nSPS) is 15.6. The van der Waals surface area contributed by atoms with Crippen molar-refractivity contribution in [2.24, 2.45) is 0 Å². The van der Waals surface area contributed by atoms with Gasteiger partial charge in [0.15, 0.2) is 0 Å². The minimum atomic E-state index is -0.978. The molecule has 1 radical (unpaired) electrons. The number of hydrogen-bond acceptors (Lipinski definition) is 1. The van der Waals surface area contributed by atoms with Gasteiger partial charge in [0.1, 0.15) is 5.54 Å². The van der Waals surface area contributed by atoms with E-state index < -0.39 is 5.54 Å². The Morgan fingerprint density at radius 3 is 1.79 bits per heavy atom. The standard InChI is InChI=1S/C21H15ClNO/c22-19-15-21(16-9-3-1-4-10-16,17-11-5-2-6-12-17)23(24)20-14-8-7-13-18(19)20/h1-15H. The molecule has 0 bridgehead atoms. The first-order chi connectivity index (χ1) is 11.7. The maximum Gasteiger partial charge on any atom is 0.140 e. The molecule has 4 rings (SSSR count). The molecule has 3 aromatic carbocycles. The van der Waals surface area contributed by atoms with E-state index >= 15 is 0 Å². The Kier molecular flexibility index (Phi) is 3.64. The third kappa shape index (κ3) is 2.15. The molecule has 3 heteroatoms. The molecule has 24 heavy (non-hydrogen) atoms. The van der Waals surface area contributed by atoms with Gasteiger partial charge in [-0.25, -0.2) is 5.06 Å². The lowest BCUT2D eigenvalue weighted by Gasteiger charge is -2.41. The van der Waals surface area contributed by atoms with Crippen molar-refractivity contribution in [2.75, 3.05) is 5.06 Å². The monoisotopic (exact) mass is 332 g/mol. The van der Waals surface area contributed by atoms with E-state index in [4.69, 9.17) is 11.6 Å². The molecule has 0 N–H and O–H groups in total. The first kappa shape index (κ1) is 15.0. The van der Waals surface area contributed by atoms with Crippen molar-refractivity contribution in [1.29, 1.82) is 0 Å². The van der Waals surface area contributed by atoms with Crippen molar-refractivity contribution >= 4 is 22.3 Å². The summed E-state index contributed by atoms with van der Waals surface area (Å²) in [6.45, 7) is 0. The molecule has 0 aromatic heterocycles. The Morgan fingerprint density at radius 1 is 0.708 bits per heavy atom. The number of nitrogens with zero attached hydrogens (tertiary/aromatic N) is 1. The van der Waals surface area contributed by atoms with Gasteiger partial charge in [-0.05, 0) is 23.3 Å². The van der Waals surface area contributed by atoms with Gasteiger partial charge in [0.25, 0.3) is 0 Å². The minimum Gasteiger partial charge on any atom is -0.201 e. The summed E-state index contributed by atoms with van der Waals surface area (Å²) in [4.78, 5) is 0. The summed E-state index contributed by atoms with van der Waals surface area (Å²) < 4.78 is 0. The molecule has 0 spiro atoms. The zero-order chi connectivity index (χ0) is 16.6. The van der Waals surface area contributed by atoms with Gasteiger partial charge in [0, 0.05) is 10.6 Å². The average Bonchev–Trinajstić information content (AvgIpc) is 2.66. The first-order valence-corrected chi connectivity index (χ1v) is 8.17. The van der Waals surface area contributed by atoms with E-state index in [0.717, 1.165) is 21.8 Å². The summed E-state index contributed by atoms with van der Waals surface area (Å²) >= 11 is 6.59. The number of halogens is 1. The van der Waals surface area contributed by atoms with Crippen LogP contribution in [0, 0.1) is 0 Å². The Hall–Kier alpha value is -2.55. The molecular formula is C21H15ClNO. The van der Waals surface area contributed by atoms with E-state index in [1.807, 2.05) is 91.0 Å². The van der Waals surface area contributed by atoms with Gasteiger partial charge in [-0.1, -0.05) is 95.7 Å². The third-order valence-electron chi connectivity index (χ3n) is 4.46. The summed E-state index contributed by atoms with van der Waals surface area (Å²) in [6, 6.07) is 27.0. The van der Waals surface area contributed by atoms with Crippen molar-refractivity contribution in [1.82, 2.24) is 0 Å². The van der Waals surface area contributed by atoms with Crippen molar-refractivity contribution in [3.05, 3.63) is 108 Å². The number of fused-ring (bicyclic) bond motifs is 1. The average molecular weight is 333 g/mol. The predicted molar refractivity (Wildman–Crippen MR) is 97.1 cm³/mol. The molecule has 1 heterocycles. The summed E-state index contributed by atoms with van der Waals surface area (Å²) in [5.41, 5.74) is 2.14. The van der Waals surface area contributed by atoms with Gasteiger partial charge in [0.2, 0.25) is 0 Å². The molecular weight excluding hydrogens is 318 g/mol. The van der Waals surface area contributed by atoms with Gasteiger partial charge in [-0.2, -0.15) is 0 Å². The van der Waals surface area contributed by atoms with E-state index in [2.05, 4.69) is 0 Å². The summed E-state index contributed by atoms with van der Waals surface area (Å²) in [5.74, 6) is 0. The highest BCUT2D eigenvalue weighted by molar-refractivity contribution is 6.49. The van der Waals surface area contributed by atoms with Gasteiger partial charge < -0.3 is 0 Å². The quantitative estimate of drug-likeness (QED) is 0.618. The molecule has 0 fully saturated rings. The number of para-hydroxylation sites is 1. The highest BCUT2D eigenvalue weighted by Crippen LogP contribution is 2.48. The highest BCUT2D eigenvalue weighted by Gasteiger charge is 2.43. The van der Waals surface area contributed by atoms with Crippen LogP contribution in [0.1, 0.15) is 16.7 Å². The number of hydroxylamine groups is 1. The molecule has 1 aliphatic heterocycles. The van der Waals surface area contributed by atoms with Crippen LogP contribution in [0.25, 0.3) is 5.03 Å². The smallest absolute Gasteiger partial charge is 0.140 e. The Bertz CT molecular complexity index is 850. The Balaban J connectivity index is 2.05. The van der Waals surface area contributed by atoms with E-state index in [1.54, 1.807) is 0 Å². The topological polar surface area (TPSA) is 23.1 Å². The van der Waals surface area contributed by atoms with Crippen LogP contribution in [0.3, 0.4) is 0 Å². The van der Waals surface area contributed by atoms with E-state index in [9.17, 15) is 5.21 Å². The van der Waals surface area contributed by atoms with Crippen LogP contribution in [0.5, 0.6) is 0 Å². The van der Waals surface area contributed by atoms with Crippen LogP contribution in [-0.2, 0) is 10.7 Å². The number of hydrogen-bond donors (Lipinski definition) is 0. The summed E-state index contributed by atoms with van der Waals surface area (Å²) in [6.07, 6.45) is 1.86. The number of rotatable bonds is 2. The molecule has 3 aromatic rings. The van der Waals surface area contributed by atoms with Gasteiger partial charge >= 0.3 is 0 Å². The van der Waals surface area contributed by atoms with Crippen molar-refractivity contribution in [3.63, 3.8) is 0 Å². The van der Waals surface area contributed by atoms with Crippen LogP contribution in [0.4, 0.5) is 5.69 Å². The third-order valence-corrected chi connectivity index (χ3v) is 4.78. The number of anilines is 1. The molecule has 0 atom stereocenters. The second-order valence-corrected chi connectivity index (χ2v) is 6.21. The van der Waals surface area contributed by atoms with E-state index in [-0.39, 0.29) is 0 Å². The highest BCUT2D eigenvalue weighted by atomic mass is 35.5. The summed E-state index contributed by atoms with van der Waals surface area (Å²) in [7, 11) is 0. The lowest BCUT2D eigenvalue weighted by atomic mass is 9.79. The zero-order valence-electron chi connectivity index (χ0n) is 12.9. The fourth-order valence-electron chi connectivity index (χ4n) is 3.31. The molecule has 1 aliphatic rings. The van der Waals surface area contributed by atoms with Crippen LogP contribution in [0.15, 0.2) is 91.0 Å². The SMILES string of the molecule is [O]N1c2ccccc2C(Cl)=CC1(c1ccccc1)c1ccccc1. The second-order valence-electron chi connectivity index (χ2n) is 5.80.